The van der Waals surface area contributed by atoms with Gasteiger partial charge in [0.1, 0.15) is 4.60 Å². The molecule has 2 rings (SSSR count). The Bertz CT molecular complexity index is 371. The van der Waals surface area contributed by atoms with Crippen molar-refractivity contribution >= 4 is 21.8 Å². The van der Waals surface area contributed by atoms with E-state index in [4.69, 9.17) is 0 Å². The van der Waals surface area contributed by atoms with Crippen molar-refractivity contribution in [2.45, 2.75) is 19.3 Å². The second-order valence-corrected chi connectivity index (χ2v) is 4.73. The Morgan fingerprint density at radius 3 is 2.93 bits per heavy atom. The third kappa shape index (κ3) is 2.22. The predicted molar refractivity (Wildman–Crippen MR) is 60.6 cm³/mol. The van der Waals surface area contributed by atoms with Crippen LogP contribution in [0.1, 0.15) is 29.6 Å². The first-order valence-electron chi connectivity index (χ1n) is 5.14. The molecule has 1 N–H and O–H groups in total. The molecule has 1 aliphatic rings. The maximum atomic E-state index is 11.7. The summed E-state index contributed by atoms with van der Waals surface area (Å²) in [6.07, 6.45) is 5.38. The number of halogens is 1. The van der Waals surface area contributed by atoms with Crippen LogP contribution in [0.2, 0.25) is 0 Å². The fraction of sp³-hybridized carbons (Fsp3) is 0.600. The highest BCUT2D eigenvalue weighted by atomic mass is 79.9. The van der Waals surface area contributed by atoms with Crippen LogP contribution in [-0.4, -0.2) is 22.2 Å². The highest BCUT2D eigenvalue weighted by molar-refractivity contribution is 9.10. The van der Waals surface area contributed by atoms with Gasteiger partial charge < -0.3 is 5.32 Å². The first-order valence-corrected chi connectivity index (χ1v) is 5.93. The number of aryl methyl sites for hydroxylation is 1. The Morgan fingerprint density at radius 2 is 2.47 bits per heavy atom. The van der Waals surface area contributed by atoms with Gasteiger partial charge in [0.25, 0.3) is 5.91 Å². The molecular formula is C10H14BrN3O. The average molecular weight is 272 g/mol. The van der Waals surface area contributed by atoms with Crippen molar-refractivity contribution in [1.29, 1.82) is 0 Å². The minimum absolute atomic E-state index is 0.0399. The number of hydrogen-bond acceptors (Lipinski definition) is 2. The summed E-state index contributed by atoms with van der Waals surface area (Å²) >= 11 is 3.33. The van der Waals surface area contributed by atoms with Gasteiger partial charge in [0, 0.05) is 13.6 Å². The van der Waals surface area contributed by atoms with Gasteiger partial charge in [-0.05, 0) is 34.7 Å². The summed E-state index contributed by atoms with van der Waals surface area (Å²) in [6, 6.07) is 0. The van der Waals surface area contributed by atoms with Crippen LogP contribution in [0, 0.1) is 5.92 Å². The van der Waals surface area contributed by atoms with Crippen LogP contribution in [-0.2, 0) is 7.05 Å². The van der Waals surface area contributed by atoms with Crippen LogP contribution in [0.15, 0.2) is 10.8 Å². The standard InChI is InChI=1S/C10H14BrN3O/c1-14-9(11)8(6-13-14)10(15)12-5-7-3-2-4-7/h6-7H,2-5H2,1H3,(H,12,15). The molecule has 1 saturated carbocycles. The van der Waals surface area contributed by atoms with Crippen molar-refractivity contribution in [3.8, 4) is 0 Å². The number of rotatable bonds is 3. The molecule has 1 heterocycles. The van der Waals surface area contributed by atoms with Gasteiger partial charge in [-0.2, -0.15) is 5.10 Å². The van der Waals surface area contributed by atoms with E-state index >= 15 is 0 Å². The fourth-order valence-electron chi connectivity index (χ4n) is 1.60. The van der Waals surface area contributed by atoms with Gasteiger partial charge in [-0.3, -0.25) is 9.48 Å². The SMILES string of the molecule is Cn1ncc(C(=O)NCC2CCC2)c1Br. The van der Waals surface area contributed by atoms with Gasteiger partial charge in [0.15, 0.2) is 0 Å². The van der Waals surface area contributed by atoms with E-state index in [9.17, 15) is 4.79 Å². The molecule has 0 aromatic carbocycles. The highest BCUT2D eigenvalue weighted by Crippen LogP contribution is 2.25. The second-order valence-electron chi connectivity index (χ2n) is 3.98. The van der Waals surface area contributed by atoms with E-state index in [1.165, 1.54) is 19.3 Å². The Kier molecular flexibility index (Phi) is 3.09. The minimum Gasteiger partial charge on any atom is -0.352 e. The van der Waals surface area contributed by atoms with Crippen LogP contribution in [0.5, 0.6) is 0 Å². The predicted octanol–water partition coefficient (Wildman–Crippen LogP) is 1.71. The van der Waals surface area contributed by atoms with Crippen molar-refractivity contribution in [3.63, 3.8) is 0 Å². The van der Waals surface area contributed by atoms with Crippen molar-refractivity contribution < 1.29 is 4.79 Å². The first kappa shape index (κ1) is 10.7. The zero-order valence-corrected chi connectivity index (χ0v) is 10.2. The molecule has 0 saturated heterocycles. The normalized spacial score (nSPS) is 16.1. The van der Waals surface area contributed by atoms with Crippen LogP contribution < -0.4 is 5.32 Å². The van der Waals surface area contributed by atoms with Gasteiger partial charge in [0.2, 0.25) is 0 Å². The van der Waals surface area contributed by atoms with E-state index in [-0.39, 0.29) is 5.91 Å². The summed E-state index contributed by atoms with van der Waals surface area (Å²) < 4.78 is 2.37. The lowest BCUT2D eigenvalue weighted by atomic mass is 9.85. The van der Waals surface area contributed by atoms with Gasteiger partial charge in [-0.15, -0.1) is 0 Å². The Morgan fingerprint density at radius 1 is 1.73 bits per heavy atom. The summed E-state index contributed by atoms with van der Waals surface area (Å²) in [6.45, 7) is 0.792. The molecule has 15 heavy (non-hydrogen) atoms. The lowest BCUT2D eigenvalue weighted by Crippen LogP contribution is -2.32. The zero-order chi connectivity index (χ0) is 10.8. The van der Waals surface area contributed by atoms with Gasteiger partial charge in [-0.1, -0.05) is 6.42 Å². The number of carbonyl (C=O) groups excluding carboxylic acids is 1. The molecule has 0 bridgehead atoms. The average Bonchev–Trinajstić information content (AvgIpc) is 2.45. The molecule has 0 atom stereocenters. The maximum absolute atomic E-state index is 11.7. The summed E-state index contributed by atoms with van der Waals surface area (Å²) in [5.41, 5.74) is 0.608. The van der Waals surface area contributed by atoms with E-state index in [1.807, 2.05) is 0 Å². The van der Waals surface area contributed by atoms with Crippen LogP contribution in [0.3, 0.4) is 0 Å². The van der Waals surface area contributed by atoms with E-state index in [2.05, 4.69) is 26.3 Å². The highest BCUT2D eigenvalue weighted by Gasteiger charge is 2.19. The third-order valence-corrected chi connectivity index (χ3v) is 3.83. The van der Waals surface area contributed by atoms with Gasteiger partial charge in [0.05, 0.1) is 11.8 Å². The lowest BCUT2D eigenvalue weighted by Gasteiger charge is -2.25. The van der Waals surface area contributed by atoms with E-state index in [0.717, 1.165) is 11.1 Å². The molecule has 4 nitrogen and oxygen atoms in total. The van der Waals surface area contributed by atoms with Crippen LogP contribution in [0.4, 0.5) is 0 Å². The monoisotopic (exact) mass is 271 g/mol. The molecule has 1 amide bonds. The molecule has 1 fully saturated rings. The van der Waals surface area contributed by atoms with E-state index < -0.39 is 0 Å². The zero-order valence-electron chi connectivity index (χ0n) is 8.66. The molecule has 5 heteroatoms. The van der Waals surface area contributed by atoms with Crippen molar-refractivity contribution in [2.75, 3.05) is 6.54 Å². The van der Waals surface area contributed by atoms with Crippen LogP contribution >= 0.6 is 15.9 Å². The molecule has 0 spiro atoms. The molecule has 1 aromatic rings. The minimum atomic E-state index is -0.0399. The first-order chi connectivity index (χ1) is 7.18. The summed E-state index contributed by atoms with van der Waals surface area (Å²) in [4.78, 5) is 11.7. The number of carbonyl (C=O) groups is 1. The largest absolute Gasteiger partial charge is 0.352 e. The Hall–Kier alpha value is -0.840. The van der Waals surface area contributed by atoms with Crippen molar-refractivity contribution in [1.82, 2.24) is 15.1 Å². The molecule has 1 aromatic heterocycles. The Balaban J connectivity index is 1.92. The van der Waals surface area contributed by atoms with E-state index in [1.54, 1.807) is 17.9 Å². The second kappa shape index (κ2) is 4.35. The molecule has 0 unspecified atom stereocenters. The smallest absolute Gasteiger partial charge is 0.255 e. The number of nitrogens with zero attached hydrogens (tertiary/aromatic N) is 2. The topological polar surface area (TPSA) is 46.9 Å². The molecule has 0 aliphatic heterocycles. The van der Waals surface area contributed by atoms with E-state index in [0.29, 0.717) is 11.5 Å². The van der Waals surface area contributed by atoms with Crippen LogP contribution in [0.25, 0.3) is 0 Å². The Labute approximate surface area is 97.2 Å². The van der Waals surface area contributed by atoms with Gasteiger partial charge in [-0.25, -0.2) is 0 Å². The molecule has 0 radical (unpaired) electrons. The molecule has 1 aliphatic carbocycles. The quantitative estimate of drug-likeness (QED) is 0.910. The summed E-state index contributed by atoms with van der Waals surface area (Å²) in [7, 11) is 1.80. The van der Waals surface area contributed by atoms with Crippen molar-refractivity contribution in [2.24, 2.45) is 13.0 Å². The maximum Gasteiger partial charge on any atom is 0.255 e. The molecule has 82 valence electrons. The number of amides is 1. The number of hydrogen-bond donors (Lipinski definition) is 1. The lowest BCUT2D eigenvalue weighted by molar-refractivity contribution is 0.0938. The fourth-order valence-corrected chi connectivity index (χ4v) is 1.98. The summed E-state index contributed by atoms with van der Waals surface area (Å²) in [5, 5.41) is 6.94. The van der Waals surface area contributed by atoms with Gasteiger partial charge >= 0.3 is 0 Å². The summed E-state index contributed by atoms with van der Waals surface area (Å²) in [5.74, 6) is 0.645. The number of aromatic nitrogens is 2. The van der Waals surface area contributed by atoms with Crippen molar-refractivity contribution in [3.05, 3.63) is 16.4 Å². The third-order valence-electron chi connectivity index (χ3n) is 2.89. The number of nitrogens with one attached hydrogen (secondary N) is 1. The molecular weight excluding hydrogens is 258 g/mol.